The highest BCUT2D eigenvalue weighted by molar-refractivity contribution is 8.00. The monoisotopic (exact) mass is 493 g/mol. The van der Waals surface area contributed by atoms with Gasteiger partial charge in [-0.1, -0.05) is 6.07 Å². The number of amides is 2. The van der Waals surface area contributed by atoms with E-state index in [9.17, 15) is 14.7 Å². The predicted molar refractivity (Wildman–Crippen MR) is 135 cm³/mol. The molecule has 2 aliphatic rings. The van der Waals surface area contributed by atoms with Gasteiger partial charge >= 0.3 is 0 Å². The molecule has 10 heteroatoms. The molecule has 0 spiro atoms. The lowest BCUT2D eigenvalue weighted by Crippen LogP contribution is -2.48. The van der Waals surface area contributed by atoms with E-state index in [-0.39, 0.29) is 11.9 Å². The molecule has 1 fully saturated rings. The van der Waals surface area contributed by atoms with Crippen LogP contribution in [-0.4, -0.2) is 51.4 Å². The first-order chi connectivity index (χ1) is 16.9. The molecule has 1 aliphatic heterocycles. The zero-order valence-electron chi connectivity index (χ0n) is 19.3. The quantitative estimate of drug-likeness (QED) is 0.413. The Kier molecular flexibility index (Phi) is 6.59. The summed E-state index contributed by atoms with van der Waals surface area (Å²) < 4.78 is 5.19. The minimum atomic E-state index is -1.44. The number of hydrogen-bond donors (Lipinski definition) is 4. The van der Waals surface area contributed by atoms with Gasteiger partial charge in [0.1, 0.15) is 11.1 Å². The first-order valence-corrected chi connectivity index (χ1v) is 12.5. The van der Waals surface area contributed by atoms with Gasteiger partial charge in [-0.2, -0.15) is 0 Å². The molecule has 3 heterocycles. The summed E-state index contributed by atoms with van der Waals surface area (Å²) in [6.45, 7) is 0.652. The Balaban J connectivity index is 1.18. The van der Waals surface area contributed by atoms with Crippen LogP contribution in [0.2, 0.25) is 0 Å². The number of nitrogens with zero attached hydrogens (tertiary/aromatic N) is 2. The second kappa shape index (κ2) is 9.80. The number of nitrogens with one attached hydrogen (secondary N) is 3. The standard InChI is InChI=1S/C25H27N5O4S/c1-34-22-5-3-17-23(30-22)18(8-11-26-17)29-24(32)25(33)9-6-16(7-10-25)27-13-15-2-4-20-19(12-15)28-21(31)14-35-20/h2-5,8,11-12,16,27,33H,6-7,9-10,13-14H2,1H3,(H,28,31)(H,26,29,32). The van der Waals surface area contributed by atoms with Gasteiger partial charge in [-0.05, 0) is 55.5 Å². The number of anilines is 2. The molecule has 1 saturated carbocycles. The Hall–Kier alpha value is -3.21. The van der Waals surface area contributed by atoms with Gasteiger partial charge in [-0.15, -0.1) is 11.8 Å². The summed E-state index contributed by atoms with van der Waals surface area (Å²) in [4.78, 5) is 34.4. The van der Waals surface area contributed by atoms with Gasteiger partial charge in [0.15, 0.2) is 0 Å². The first-order valence-electron chi connectivity index (χ1n) is 11.6. The molecular formula is C25H27N5O4S. The van der Waals surface area contributed by atoms with E-state index in [1.807, 2.05) is 12.1 Å². The van der Waals surface area contributed by atoms with Crippen molar-refractivity contribution in [1.82, 2.24) is 15.3 Å². The van der Waals surface area contributed by atoms with Gasteiger partial charge in [0, 0.05) is 29.7 Å². The number of rotatable bonds is 6. The molecule has 0 saturated heterocycles. The number of thioether (sulfide) groups is 1. The summed E-state index contributed by atoms with van der Waals surface area (Å²) >= 11 is 1.55. The van der Waals surface area contributed by atoms with Gasteiger partial charge < -0.3 is 25.8 Å². The number of methoxy groups -OCH3 is 1. The van der Waals surface area contributed by atoms with Crippen LogP contribution >= 0.6 is 11.8 Å². The zero-order valence-corrected chi connectivity index (χ0v) is 20.2. The van der Waals surface area contributed by atoms with Crippen molar-refractivity contribution in [3.05, 3.63) is 48.2 Å². The number of fused-ring (bicyclic) bond motifs is 2. The lowest BCUT2D eigenvalue weighted by molar-refractivity contribution is -0.137. The Morgan fingerprint density at radius 2 is 2.09 bits per heavy atom. The lowest BCUT2D eigenvalue weighted by atomic mass is 9.81. The van der Waals surface area contributed by atoms with Crippen LogP contribution in [0.4, 0.5) is 11.4 Å². The summed E-state index contributed by atoms with van der Waals surface area (Å²) in [6, 6.07) is 11.4. The highest BCUT2D eigenvalue weighted by atomic mass is 32.2. The van der Waals surface area contributed by atoms with Gasteiger partial charge in [0.25, 0.3) is 5.91 Å². The fraction of sp³-hybridized carbons (Fsp3) is 0.360. The number of carbonyl (C=O) groups excluding carboxylic acids is 2. The van der Waals surface area contributed by atoms with E-state index in [2.05, 4.69) is 32.0 Å². The molecule has 5 rings (SSSR count). The van der Waals surface area contributed by atoms with Crippen molar-refractivity contribution >= 4 is 46.0 Å². The van der Waals surface area contributed by atoms with E-state index in [0.29, 0.717) is 60.6 Å². The predicted octanol–water partition coefficient (Wildman–Crippen LogP) is 3.08. The van der Waals surface area contributed by atoms with Crippen LogP contribution in [0, 0.1) is 0 Å². The van der Waals surface area contributed by atoms with Crippen molar-refractivity contribution in [3.63, 3.8) is 0 Å². The Bertz CT molecular complexity index is 1280. The van der Waals surface area contributed by atoms with Crippen molar-refractivity contribution in [3.8, 4) is 5.88 Å². The second-order valence-corrected chi connectivity index (χ2v) is 9.91. The molecule has 4 N–H and O–H groups in total. The van der Waals surface area contributed by atoms with E-state index in [4.69, 9.17) is 4.74 Å². The smallest absolute Gasteiger partial charge is 0.256 e. The number of carbonyl (C=O) groups is 2. The van der Waals surface area contributed by atoms with Gasteiger partial charge in [-0.25, -0.2) is 4.98 Å². The molecule has 1 aliphatic carbocycles. The molecule has 9 nitrogen and oxygen atoms in total. The van der Waals surface area contributed by atoms with Crippen LogP contribution < -0.4 is 20.7 Å². The zero-order chi connectivity index (χ0) is 24.4. The van der Waals surface area contributed by atoms with Crippen molar-refractivity contribution in [2.24, 2.45) is 0 Å². The van der Waals surface area contributed by atoms with Gasteiger partial charge in [0.05, 0.1) is 29.8 Å². The SMILES string of the molecule is COc1ccc2nccc(NC(=O)C3(O)CCC(NCc4ccc5c(c4)NC(=O)CS5)CC3)c2n1. The van der Waals surface area contributed by atoms with Crippen molar-refractivity contribution in [1.29, 1.82) is 0 Å². The third-order valence-corrected chi connectivity index (χ3v) is 7.60. The lowest BCUT2D eigenvalue weighted by Gasteiger charge is -2.35. The van der Waals surface area contributed by atoms with E-state index >= 15 is 0 Å². The molecule has 0 bridgehead atoms. The number of hydrogen-bond acceptors (Lipinski definition) is 8. The topological polar surface area (TPSA) is 125 Å². The average Bonchev–Trinajstić information content (AvgIpc) is 2.88. The fourth-order valence-corrected chi connectivity index (χ4v) is 5.28. The summed E-state index contributed by atoms with van der Waals surface area (Å²) in [5.74, 6) is 0.458. The van der Waals surface area contributed by atoms with Gasteiger partial charge in [-0.3, -0.25) is 14.6 Å². The molecule has 1 aromatic carbocycles. The number of ether oxygens (including phenoxy) is 1. The Morgan fingerprint density at radius 3 is 2.89 bits per heavy atom. The number of aromatic nitrogens is 2. The molecule has 2 aromatic heterocycles. The van der Waals surface area contributed by atoms with E-state index in [0.717, 1.165) is 16.1 Å². The molecule has 0 unspecified atom stereocenters. The van der Waals surface area contributed by atoms with Crippen LogP contribution in [0.1, 0.15) is 31.2 Å². The molecule has 2 amide bonds. The largest absolute Gasteiger partial charge is 0.481 e. The van der Waals surface area contributed by atoms with Crippen LogP contribution in [-0.2, 0) is 16.1 Å². The average molecular weight is 494 g/mol. The molecule has 35 heavy (non-hydrogen) atoms. The third-order valence-electron chi connectivity index (χ3n) is 6.52. The summed E-state index contributed by atoms with van der Waals surface area (Å²) in [5.41, 5.74) is 2.13. The van der Waals surface area contributed by atoms with Crippen molar-refractivity contribution in [2.45, 2.75) is 48.8 Å². The number of aliphatic hydroxyl groups is 1. The maximum atomic E-state index is 13.0. The van der Waals surface area contributed by atoms with Crippen LogP contribution in [0.3, 0.4) is 0 Å². The summed E-state index contributed by atoms with van der Waals surface area (Å²) in [6.07, 6.45) is 3.65. The molecule has 0 radical (unpaired) electrons. The molecular weight excluding hydrogens is 466 g/mol. The van der Waals surface area contributed by atoms with Crippen molar-refractivity contribution in [2.75, 3.05) is 23.5 Å². The van der Waals surface area contributed by atoms with Crippen molar-refractivity contribution < 1.29 is 19.4 Å². The fourth-order valence-electron chi connectivity index (χ4n) is 4.49. The molecule has 3 aromatic rings. The van der Waals surface area contributed by atoms with E-state index in [1.54, 1.807) is 36.2 Å². The Labute approximate surface area is 207 Å². The van der Waals surface area contributed by atoms with Crippen LogP contribution in [0.5, 0.6) is 5.88 Å². The highest BCUT2D eigenvalue weighted by Crippen LogP contribution is 2.33. The van der Waals surface area contributed by atoms with E-state index < -0.39 is 11.5 Å². The van der Waals surface area contributed by atoms with Gasteiger partial charge in [0.2, 0.25) is 11.8 Å². The third kappa shape index (κ3) is 5.09. The maximum Gasteiger partial charge on any atom is 0.256 e. The highest BCUT2D eigenvalue weighted by Gasteiger charge is 2.40. The van der Waals surface area contributed by atoms with E-state index in [1.165, 1.54) is 7.11 Å². The normalized spacial score (nSPS) is 21.8. The van der Waals surface area contributed by atoms with Crippen LogP contribution in [0.15, 0.2) is 47.5 Å². The summed E-state index contributed by atoms with van der Waals surface area (Å²) in [7, 11) is 1.53. The maximum absolute atomic E-state index is 13.0. The molecule has 0 atom stereocenters. The first kappa shape index (κ1) is 23.5. The minimum Gasteiger partial charge on any atom is -0.481 e. The Morgan fingerprint density at radius 1 is 1.26 bits per heavy atom. The summed E-state index contributed by atoms with van der Waals surface area (Å²) in [5, 5.41) is 20.4. The number of pyridine rings is 2. The van der Waals surface area contributed by atoms with Crippen LogP contribution in [0.25, 0.3) is 11.0 Å². The molecule has 182 valence electrons. The second-order valence-electron chi connectivity index (χ2n) is 8.89. The number of benzene rings is 1. The minimum absolute atomic E-state index is 0.0205.